The molecule has 3 aromatic rings. The number of Topliss-reactive ketones (excluding diaryl/α,β-unsaturated/α-hetero) is 1. The lowest BCUT2D eigenvalue weighted by atomic mass is 10.1. The highest BCUT2D eigenvalue weighted by Crippen LogP contribution is 2.28. The van der Waals surface area contributed by atoms with Crippen molar-refractivity contribution in [3.63, 3.8) is 0 Å². The number of rotatable bonds is 2. The van der Waals surface area contributed by atoms with Crippen LogP contribution in [0, 0.1) is 6.92 Å². The first-order valence-corrected chi connectivity index (χ1v) is 6.25. The van der Waals surface area contributed by atoms with E-state index in [1.165, 1.54) is 5.56 Å². The van der Waals surface area contributed by atoms with E-state index >= 15 is 0 Å². The largest absolute Gasteiger partial charge is 0.456 e. The molecule has 94 valence electrons. The standard InChI is InChI=1S/C17H14O2/c1-11-6-7-16-15(8-11)10-17(19-16)14-5-3-4-13(9-14)12(2)18/h3-10H,1-2H3. The minimum absolute atomic E-state index is 0.0637. The summed E-state index contributed by atoms with van der Waals surface area (Å²) in [5.74, 6) is 0.859. The summed E-state index contributed by atoms with van der Waals surface area (Å²) in [5.41, 5.74) is 3.71. The summed E-state index contributed by atoms with van der Waals surface area (Å²) < 4.78 is 5.83. The highest BCUT2D eigenvalue weighted by atomic mass is 16.3. The van der Waals surface area contributed by atoms with Gasteiger partial charge in [0.05, 0.1) is 0 Å². The molecule has 19 heavy (non-hydrogen) atoms. The van der Waals surface area contributed by atoms with Crippen LogP contribution in [-0.2, 0) is 0 Å². The maximum atomic E-state index is 11.4. The molecule has 0 saturated heterocycles. The Bertz CT molecular complexity index is 766. The zero-order valence-corrected chi connectivity index (χ0v) is 10.9. The molecule has 0 bridgehead atoms. The van der Waals surface area contributed by atoms with Crippen molar-refractivity contribution in [1.29, 1.82) is 0 Å². The van der Waals surface area contributed by atoms with E-state index in [-0.39, 0.29) is 5.78 Å². The van der Waals surface area contributed by atoms with Crippen LogP contribution in [0.5, 0.6) is 0 Å². The topological polar surface area (TPSA) is 30.2 Å². The number of hydrogen-bond donors (Lipinski definition) is 0. The van der Waals surface area contributed by atoms with E-state index in [2.05, 4.69) is 13.0 Å². The number of ketones is 1. The molecule has 0 aliphatic rings. The smallest absolute Gasteiger partial charge is 0.159 e. The summed E-state index contributed by atoms with van der Waals surface area (Å²) in [5, 5.41) is 1.09. The number of carbonyl (C=O) groups is 1. The molecule has 0 aliphatic heterocycles. The fourth-order valence-electron chi connectivity index (χ4n) is 2.20. The fraction of sp³-hybridized carbons (Fsp3) is 0.118. The number of aryl methyl sites for hydroxylation is 1. The van der Waals surface area contributed by atoms with E-state index in [9.17, 15) is 4.79 Å². The number of hydrogen-bond acceptors (Lipinski definition) is 2. The third kappa shape index (κ3) is 2.17. The average Bonchev–Trinajstić information content (AvgIpc) is 2.81. The van der Waals surface area contributed by atoms with Crippen molar-refractivity contribution in [3.05, 3.63) is 59.7 Å². The van der Waals surface area contributed by atoms with E-state index in [0.29, 0.717) is 5.56 Å². The Morgan fingerprint density at radius 2 is 1.89 bits per heavy atom. The summed E-state index contributed by atoms with van der Waals surface area (Å²) in [6.45, 7) is 3.63. The average molecular weight is 250 g/mol. The number of furan rings is 1. The van der Waals surface area contributed by atoms with Crippen LogP contribution in [-0.4, -0.2) is 5.78 Å². The van der Waals surface area contributed by atoms with Gasteiger partial charge in [-0.3, -0.25) is 4.79 Å². The highest BCUT2D eigenvalue weighted by Gasteiger charge is 2.08. The first-order valence-electron chi connectivity index (χ1n) is 6.25. The molecule has 0 radical (unpaired) electrons. The molecule has 0 fully saturated rings. The van der Waals surface area contributed by atoms with Gasteiger partial charge in [-0.15, -0.1) is 0 Å². The van der Waals surface area contributed by atoms with Gasteiger partial charge in [-0.2, -0.15) is 0 Å². The van der Waals surface area contributed by atoms with Crippen molar-refractivity contribution in [1.82, 2.24) is 0 Å². The minimum atomic E-state index is 0.0637. The van der Waals surface area contributed by atoms with Crippen molar-refractivity contribution in [3.8, 4) is 11.3 Å². The second kappa shape index (κ2) is 4.39. The van der Waals surface area contributed by atoms with Crippen molar-refractivity contribution in [2.45, 2.75) is 13.8 Å². The number of fused-ring (bicyclic) bond motifs is 1. The molecule has 0 aliphatic carbocycles. The van der Waals surface area contributed by atoms with Gasteiger partial charge in [0.15, 0.2) is 5.78 Å². The monoisotopic (exact) mass is 250 g/mol. The third-order valence-corrected chi connectivity index (χ3v) is 3.23. The molecule has 0 saturated carbocycles. The Morgan fingerprint density at radius 3 is 2.68 bits per heavy atom. The number of benzene rings is 2. The Labute approximate surface area is 111 Å². The van der Waals surface area contributed by atoms with E-state index in [4.69, 9.17) is 4.42 Å². The summed E-state index contributed by atoms with van der Waals surface area (Å²) in [6, 6.07) is 15.6. The second-order valence-electron chi connectivity index (χ2n) is 4.79. The Balaban J connectivity index is 2.13. The van der Waals surface area contributed by atoms with Crippen LogP contribution in [0.1, 0.15) is 22.8 Å². The maximum absolute atomic E-state index is 11.4. The Morgan fingerprint density at radius 1 is 1.05 bits per heavy atom. The van der Waals surface area contributed by atoms with Crippen molar-refractivity contribution in [2.75, 3.05) is 0 Å². The summed E-state index contributed by atoms with van der Waals surface area (Å²) in [7, 11) is 0. The molecular weight excluding hydrogens is 236 g/mol. The molecule has 1 aromatic heterocycles. The first-order chi connectivity index (χ1) is 9.13. The zero-order chi connectivity index (χ0) is 13.4. The predicted octanol–water partition coefficient (Wildman–Crippen LogP) is 4.61. The van der Waals surface area contributed by atoms with Crippen LogP contribution in [0.3, 0.4) is 0 Å². The third-order valence-electron chi connectivity index (χ3n) is 3.23. The minimum Gasteiger partial charge on any atom is -0.456 e. The SMILES string of the molecule is CC(=O)c1cccc(-c2cc3cc(C)ccc3o2)c1. The van der Waals surface area contributed by atoms with Crippen LogP contribution < -0.4 is 0 Å². The zero-order valence-electron chi connectivity index (χ0n) is 10.9. The molecule has 0 N–H and O–H groups in total. The molecule has 2 heteroatoms. The van der Waals surface area contributed by atoms with Crippen molar-refractivity contribution >= 4 is 16.8 Å². The fourth-order valence-corrected chi connectivity index (χ4v) is 2.20. The van der Waals surface area contributed by atoms with Gasteiger partial charge in [0.2, 0.25) is 0 Å². The van der Waals surface area contributed by atoms with Crippen LogP contribution in [0.25, 0.3) is 22.3 Å². The molecule has 2 nitrogen and oxygen atoms in total. The first kappa shape index (κ1) is 11.7. The van der Waals surface area contributed by atoms with Gasteiger partial charge in [-0.05, 0) is 38.1 Å². The number of carbonyl (C=O) groups excluding carboxylic acids is 1. The normalized spacial score (nSPS) is 10.8. The van der Waals surface area contributed by atoms with Crippen LogP contribution in [0.4, 0.5) is 0 Å². The summed E-state index contributed by atoms with van der Waals surface area (Å²) >= 11 is 0. The lowest BCUT2D eigenvalue weighted by Crippen LogP contribution is -1.91. The van der Waals surface area contributed by atoms with E-state index in [1.54, 1.807) is 6.92 Å². The second-order valence-corrected chi connectivity index (χ2v) is 4.79. The Hall–Kier alpha value is -2.35. The molecule has 1 heterocycles. The van der Waals surface area contributed by atoms with Crippen molar-refractivity contribution in [2.24, 2.45) is 0 Å². The molecule has 0 unspecified atom stereocenters. The van der Waals surface area contributed by atoms with Gasteiger partial charge in [0.25, 0.3) is 0 Å². The van der Waals surface area contributed by atoms with Gasteiger partial charge in [0.1, 0.15) is 11.3 Å². The quantitative estimate of drug-likeness (QED) is 0.622. The molecular formula is C17H14O2. The van der Waals surface area contributed by atoms with Gasteiger partial charge < -0.3 is 4.42 Å². The van der Waals surface area contributed by atoms with Gasteiger partial charge in [-0.1, -0.05) is 29.8 Å². The van der Waals surface area contributed by atoms with E-state index in [0.717, 1.165) is 22.3 Å². The van der Waals surface area contributed by atoms with Gasteiger partial charge in [0, 0.05) is 16.5 Å². The predicted molar refractivity (Wildman–Crippen MR) is 76.4 cm³/mol. The molecule has 2 aromatic carbocycles. The van der Waals surface area contributed by atoms with Crippen LogP contribution >= 0.6 is 0 Å². The highest BCUT2D eigenvalue weighted by molar-refractivity contribution is 5.95. The van der Waals surface area contributed by atoms with Crippen LogP contribution in [0.15, 0.2) is 52.9 Å². The Kier molecular flexibility index (Phi) is 2.71. The van der Waals surface area contributed by atoms with Gasteiger partial charge >= 0.3 is 0 Å². The molecule has 3 rings (SSSR count). The maximum Gasteiger partial charge on any atom is 0.159 e. The molecule has 0 spiro atoms. The van der Waals surface area contributed by atoms with Gasteiger partial charge in [-0.25, -0.2) is 0 Å². The lowest BCUT2D eigenvalue weighted by molar-refractivity contribution is 0.101. The summed E-state index contributed by atoms with van der Waals surface area (Å²) in [4.78, 5) is 11.4. The van der Waals surface area contributed by atoms with Crippen LogP contribution in [0.2, 0.25) is 0 Å². The van der Waals surface area contributed by atoms with E-state index in [1.807, 2.05) is 42.5 Å². The van der Waals surface area contributed by atoms with Crippen molar-refractivity contribution < 1.29 is 9.21 Å². The molecule has 0 amide bonds. The molecule has 0 atom stereocenters. The van der Waals surface area contributed by atoms with E-state index < -0.39 is 0 Å². The lowest BCUT2D eigenvalue weighted by Gasteiger charge is -1.99. The summed E-state index contributed by atoms with van der Waals surface area (Å²) in [6.07, 6.45) is 0.